The van der Waals surface area contributed by atoms with Crippen LogP contribution < -0.4 is 0 Å². The van der Waals surface area contributed by atoms with E-state index in [0.717, 1.165) is 22.1 Å². The summed E-state index contributed by atoms with van der Waals surface area (Å²) in [6.45, 7) is 0. The molecule has 0 saturated carbocycles. The summed E-state index contributed by atoms with van der Waals surface area (Å²) < 4.78 is 2.43. The summed E-state index contributed by atoms with van der Waals surface area (Å²) in [5.74, 6) is 1.98. The van der Waals surface area contributed by atoms with Crippen LogP contribution in [-0.2, 0) is 5.41 Å². The first-order chi connectivity index (χ1) is 27.8. The maximum Gasteiger partial charge on any atom is 0.164 e. The predicted molar refractivity (Wildman–Crippen MR) is 232 cm³/mol. The van der Waals surface area contributed by atoms with Crippen LogP contribution >= 0.6 is 11.3 Å². The molecule has 0 spiro atoms. The molecule has 0 amide bonds. The van der Waals surface area contributed by atoms with Crippen LogP contribution in [-0.4, -0.2) is 15.0 Å². The molecular weight excluding hydrogens is 699 g/mol. The Hall–Kier alpha value is -7.01. The van der Waals surface area contributed by atoms with Crippen LogP contribution in [0.25, 0.3) is 76.6 Å². The number of nitrogens with zero attached hydrogens (tertiary/aromatic N) is 3. The Balaban J connectivity index is 1.12. The fraction of sp³-hybridized carbons (Fsp3) is 0.0192. The van der Waals surface area contributed by atoms with E-state index in [0.29, 0.717) is 17.5 Å². The van der Waals surface area contributed by atoms with E-state index in [1.165, 1.54) is 59.3 Å². The van der Waals surface area contributed by atoms with Gasteiger partial charge < -0.3 is 0 Å². The summed E-state index contributed by atoms with van der Waals surface area (Å²) in [6.07, 6.45) is 0. The highest BCUT2D eigenvalue weighted by Gasteiger charge is 2.46. The zero-order chi connectivity index (χ0) is 37.1. The third-order valence-corrected chi connectivity index (χ3v) is 12.4. The molecule has 0 atom stereocenters. The van der Waals surface area contributed by atoms with Gasteiger partial charge in [0.1, 0.15) is 0 Å². The highest BCUT2D eigenvalue weighted by atomic mass is 32.1. The number of benzene rings is 8. The van der Waals surface area contributed by atoms with Crippen LogP contribution in [0.15, 0.2) is 200 Å². The van der Waals surface area contributed by atoms with Gasteiger partial charge in [-0.3, -0.25) is 0 Å². The number of hydrogen-bond acceptors (Lipinski definition) is 4. The highest BCUT2D eigenvalue weighted by Crippen LogP contribution is 2.56. The quantitative estimate of drug-likeness (QED) is 0.171. The number of thiophene rings is 1. The molecule has 0 radical (unpaired) electrons. The monoisotopic (exact) mass is 731 g/mol. The van der Waals surface area contributed by atoms with Crippen LogP contribution in [0.3, 0.4) is 0 Å². The summed E-state index contributed by atoms with van der Waals surface area (Å²) in [5.41, 5.74) is 12.5. The summed E-state index contributed by atoms with van der Waals surface area (Å²) in [6, 6.07) is 71.7. The SMILES string of the molecule is c1ccc(-c2nc(-c3ccccc3)nc(-c3cccc4sc5ccc(-c6ccc7c(c6)C(c6ccccc6)(c6ccccc6)c6ccccc6-7)cc5c34)n2)cc1. The van der Waals surface area contributed by atoms with E-state index in [2.05, 4.69) is 164 Å². The Morgan fingerprint density at radius 2 is 0.857 bits per heavy atom. The average molecular weight is 732 g/mol. The van der Waals surface area contributed by atoms with Gasteiger partial charge in [-0.2, -0.15) is 0 Å². The molecule has 4 heteroatoms. The standard InChI is InChI=1S/C52H33N3S/c1-5-16-34(17-6-1)49-53-50(35-18-7-2-8-19-35)55-51(54-49)42-25-15-27-47-48(42)43-32-36(29-31-46(43)56-47)37-28-30-41-40-24-13-14-26-44(40)52(45(41)33-37,38-20-9-3-10-21-38)39-22-11-4-12-23-39/h1-33H. The lowest BCUT2D eigenvalue weighted by molar-refractivity contribution is 0.769. The maximum atomic E-state index is 5.13. The van der Waals surface area contributed by atoms with Crippen molar-refractivity contribution in [2.45, 2.75) is 5.41 Å². The Morgan fingerprint density at radius 1 is 0.339 bits per heavy atom. The molecule has 0 fully saturated rings. The van der Waals surface area contributed by atoms with Crippen LogP contribution in [0.4, 0.5) is 0 Å². The third-order valence-electron chi connectivity index (χ3n) is 11.2. The van der Waals surface area contributed by atoms with E-state index in [1.54, 1.807) is 0 Å². The van der Waals surface area contributed by atoms with Crippen molar-refractivity contribution >= 4 is 31.5 Å². The van der Waals surface area contributed by atoms with E-state index in [9.17, 15) is 0 Å². The van der Waals surface area contributed by atoms with E-state index < -0.39 is 5.41 Å². The lowest BCUT2D eigenvalue weighted by Gasteiger charge is -2.34. The van der Waals surface area contributed by atoms with Crippen LogP contribution in [0.1, 0.15) is 22.3 Å². The lowest BCUT2D eigenvalue weighted by Crippen LogP contribution is -2.28. The third kappa shape index (κ3) is 5.07. The Kier molecular flexibility index (Phi) is 7.58. The molecular formula is C52H33N3S. The molecule has 8 aromatic carbocycles. The number of fused-ring (bicyclic) bond motifs is 6. The molecule has 10 aromatic rings. The molecule has 3 nitrogen and oxygen atoms in total. The van der Waals surface area contributed by atoms with Crippen molar-refractivity contribution in [2.24, 2.45) is 0 Å². The van der Waals surface area contributed by atoms with Crippen molar-refractivity contribution in [1.29, 1.82) is 0 Å². The van der Waals surface area contributed by atoms with Gasteiger partial charge >= 0.3 is 0 Å². The zero-order valence-corrected chi connectivity index (χ0v) is 31.1. The fourth-order valence-corrected chi connectivity index (χ4v) is 9.86. The molecule has 56 heavy (non-hydrogen) atoms. The fourth-order valence-electron chi connectivity index (χ4n) is 8.75. The average Bonchev–Trinajstić information content (AvgIpc) is 3.81. The largest absolute Gasteiger partial charge is 0.208 e. The first-order valence-corrected chi connectivity index (χ1v) is 19.8. The van der Waals surface area contributed by atoms with Crippen molar-refractivity contribution in [1.82, 2.24) is 15.0 Å². The van der Waals surface area contributed by atoms with Crippen LogP contribution in [0.2, 0.25) is 0 Å². The molecule has 0 aliphatic heterocycles. The smallest absolute Gasteiger partial charge is 0.164 e. The molecule has 2 heterocycles. The normalized spacial score (nSPS) is 12.8. The summed E-state index contributed by atoms with van der Waals surface area (Å²) in [5, 5.41) is 2.36. The molecule has 11 rings (SSSR count). The molecule has 0 N–H and O–H groups in total. The second-order valence-corrected chi connectivity index (χ2v) is 15.4. The van der Waals surface area contributed by atoms with Gasteiger partial charge in [0.25, 0.3) is 0 Å². The van der Waals surface area contributed by atoms with Crippen molar-refractivity contribution < 1.29 is 0 Å². The van der Waals surface area contributed by atoms with Crippen LogP contribution in [0, 0.1) is 0 Å². The Morgan fingerprint density at radius 3 is 1.52 bits per heavy atom. The van der Waals surface area contributed by atoms with E-state index in [4.69, 9.17) is 15.0 Å². The van der Waals surface area contributed by atoms with Crippen molar-refractivity contribution in [2.75, 3.05) is 0 Å². The van der Waals surface area contributed by atoms with E-state index >= 15 is 0 Å². The Bertz CT molecular complexity index is 2970. The van der Waals surface area contributed by atoms with Crippen molar-refractivity contribution in [3.05, 3.63) is 222 Å². The van der Waals surface area contributed by atoms with Crippen LogP contribution in [0.5, 0.6) is 0 Å². The summed E-state index contributed by atoms with van der Waals surface area (Å²) in [4.78, 5) is 15.2. The molecule has 0 bridgehead atoms. The minimum atomic E-state index is -0.456. The van der Waals surface area contributed by atoms with Gasteiger partial charge in [0.15, 0.2) is 17.5 Å². The van der Waals surface area contributed by atoms with Crippen molar-refractivity contribution in [3.8, 4) is 56.4 Å². The van der Waals surface area contributed by atoms with Gasteiger partial charge in [0.2, 0.25) is 0 Å². The number of hydrogen-bond donors (Lipinski definition) is 0. The first kappa shape index (κ1) is 32.4. The maximum absolute atomic E-state index is 5.13. The van der Waals surface area contributed by atoms with Gasteiger partial charge in [-0.05, 0) is 68.8 Å². The van der Waals surface area contributed by atoms with Crippen molar-refractivity contribution in [3.63, 3.8) is 0 Å². The number of rotatable bonds is 6. The highest BCUT2D eigenvalue weighted by molar-refractivity contribution is 7.26. The second kappa shape index (κ2) is 13.1. The predicted octanol–water partition coefficient (Wildman–Crippen LogP) is 13.3. The topological polar surface area (TPSA) is 38.7 Å². The zero-order valence-electron chi connectivity index (χ0n) is 30.3. The molecule has 1 aliphatic rings. The van der Waals surface area contributed by atoms with E-state index in [-0.39, 0.29) is 0 Å². The number of aromatic nitrogens is 3. The van der Waals surface area contributed by atoms with E-state index in [1.807, 2.05) is 47.7 Å². The summed E-state index contributed by atoms with van der Waals surface area (Å²) >= 11 is 1.81. The van der Waals surface area contributed by atoms with Gasteiger partial charge in [-0.25, -0.2) is 15.0 Å². The molecule has 0 unspecified atom stereocenters. The van der Waals surface area contributed by atoms with Gasteiger partial charge in [0, 0.05) is 36.9 Å². The Labute approximate surface area is 329 Å². The summed E-state index contributed by atoms with van der Waals surface area (Å²) in [7, 11) is 0. The lowest BCUT2D eigenvalue weighted by atomic mass is 9.67. The molecule has 2 aromatic heterocycles. The molecule has 262 valence electrons. The minimum absolute atomic E-state index is 0.456. The minimum Gasteiger partial charge on any atom is -0.208 e. The van der Waals surface area contributed by atoms with Gasteiger partial charge in [-0.1, -0.05) is 176 Å². The van der Waals surface area contributed by atoms with Gasteiger partial charge in [0.05, 0.1) is 5.41 Å². The molecule has 1 aliphatic carbocycles. The van der Waals surface area contributed by atoms with Gasteiger partial charge in [-0.15, -0.1) is 11.3 Å². The second-order valence-electron chi connectivity index (χ2n) is 14.3. The molecule has 0 saturated heterocycles. The first-order valence-electron chi connectivity index (χ1n) is 18.9.